The third-order valence-electron chi connectivity index (χ3n) is 3.98. The number of rotatable bonds is 8. The maximum atomic E-state index is 10.5. The summed E-state index contributed by atoms with van der Waals surface area (Å²) in [5, 5.41) is 17.2. The Morgan fingerprint density at radius 2 is 1.83 bits per heavy atom. The first-order valence-electron chi connectivity index (χ1n) is 9.96. The molecule has 0 aliphatic carbocycles. The van der Waals surface area contributed by atoms with E-state index < -0.39 is 5.97 Å². The number of hydrogen-bond acceptors (Lipinski definition) is 4. The molecule has 5 heteroatoms. The predicted molar refractivity (Wildman–Crippen MR) is 123 cm³/mol. The van der Waals surface area contributed by atoms with Gasteiger partial charge in [0, 0.05) is 6.61 Å². The van der Waals surface area contributed by atoms with Gasteiger partial charge in [-0.25, -0.2) is 4.79 Å². The van der Waals surface area contributed by atoms with Crippen molar-refractivity contribution in [2.24, 2.45) is 0 Å². The number of allylic oxidation sites excluding steroid dienone is 5. The molecule has 5 nitrogen and oxygen atoms in total. The fourth-order valence-electron chi connectivity index (χ4n) is 2.33. The number of methoxy groups -OCH3 is 1. The van der Waals surface area contributed by atoms with Crippen LogP contribution >= 0.6 is 0 Å². The average molecular weight is 415 g/mol. The summed E-state index contributed by atoms with van der Waals surface area (Å²) < 4.78 is 10.1. The molecule has 0 saturated carbocycles. The second-order valence-corrected chi connectivity index (χ2v) is 6.00. The van der Waals surface area contributed by atoms with Crippen LogP contribution in [0.5, 0.6) is 0 Å². The Morgan fingerprint density at radius 3 is 2.30 bits per heavy atom. The number of carboxylic acid groups (broad SMARTS) is 1. The van der Waals surface area contributed by atoms with E-state index in [-0.39, 0.29) is 12.4 Å². The van der Waals surface area contributed by atoms with Gasteiger partial charge in [-0.2, -0.15) is 0 Å². The Balaban J connectivity index is 0.000000522. The highest BCUT2D eigenvalue weighted by molar-refractivity contribution is 5.84. The minimum Gasteiger partial charge on any atom is -0.501 e. The molecule has 164 valence electrons. The van der Waals surface area contributed by atoms with Crippen LogP contribution in [0.2, 0.25) is 0 Å². The highest BCUT2D eigenvalue weighted by Crippen LogP contribution is 2.16. The van der Waals surface area contributed by atoms with Crippen molar-refractivity contribution in [3.63, 3.8) is 0 Å². The summed E-state index contributed by atoms with van der Waals surface area (Å²) in [6, 6.07) is 11.7. The smallest absolute Gasteiger partial charge is 0.371 e. The summed E-state index contributed by atoms with van der Waals surface area (Å²) >= 11 is 0. The quantitative estimate of drug-likeness (QED) is 0.406. The molecule has 0 spiro atoms. The zero-order valence-corrected chi connectivity index (χ0v) is 18.6. The van der Waals surface area contributed by atoms with Crippen molar-refractivity contribution >= 4 is 11.5 Å². The number of aliphatic hydroxyl groups is 1. The van der Waals surface area contributed by atoms with E-state index in [2.05, 4.69) is 18.7 Å². The molecule has 0 unspecified atom stereocenters. The standard InChI is InChI=1S/C14H16O.C9H12O4.C2H6/c1-4-13(11-10-12(2)15-3)14-8-6-5-7-9-14;1-6-7(3-2-4-10)5-8(13-6)9(11)12;1-2/h4-11H,1H2,2-3H3;5,10H,2-4H2,1H3,(H,11,12);1-2H3/b12-10+,13-11+;;. The molecule has 1 aromatic carbocycles. The molecule has 0 radical (unpaired) electrons. The van der Waals surface area contributed by atoms with Gasteiger partial charge in [0.2, 0.25) is 5.76 Å². The lowest BCUT2D eigenvalue weighted by Crippen LogP contribution is -1.92. The van der Waals surface area contributed by atoms with Gasteiger partial charge < -0.3 is 19.4 Å². The zero-order chi connectivity index (χ0) is 22.9. The summed E-state index contributed by atoms with van der Waals surface area (Å²) in [4.78, 5) is 10.5. The second kappa shape index (κ2) is 15.8. The highest BCUT2D eigenvalue weighted by Gasteiger charge is 2.12. The van der Waals surface area contributed by atoms with Gasteiger partial charge in [0.25, 0.3) is 0 Å². The van der Waals surface area contributed by atoms with Crippen LogP contribution in [0.15, 0.2) is 71.4 Å². The fourth-order valence-corrected chi connectivity index (χ4v) is 2.33. The van der Waals surface area contributed by atoms with Crippen molar-refractivity contribution in [2.45, 2.75) is 40.5 Å². The minimum atomic E-state index is -1.06. The van der Waals surface area contributed by atoms with Crippen molar-refractivity contribution in [3.05, 3.63) is 89.6 Å². The average Bonchev–Trinajstić information content (AvgIpc) is 3.16. The summed E-state index contributed by atoms with van der Waals surface area (Å²) in [5.41, 5.74) is 3.10. The van der Waals surface area contributed by atoms with E-state index in [0.29, 0.717) is 18.6 Å². The Morgan fingerprint density at radius 1 is 1.20 bits per heavy atom. The topological polar surface area (TPSA) is 79.9 Å². The van der Waals surface area contributed by atoms with Gasteiger partial charge in [-0.15, -0.1) is 0 Å². The largest absolute Gasteiger partial charge is 0.501 e. The molecule has 1 aromatic heterocycles. The number of carboxylic acids is 1. The molecule has 0 atom stereocenters. The summed E-state index contributed by atoms with van der Waals surface area (Å²) in [6.45, 7) is 11.5. The van der Waals surface area contributed by atoms with Crippen LogP contribution < -0.4 is 0 Å². The van der Waals surface area contributed by atoms with Crippen molar-refractivity contribution < 1.29 is 24.2 Å². The van der Waals surface area contributed by atoms with E-state index in [1.807, 2.05) is 57.2 Å². The first kappa shape index (κ1) is 27.0. The molecule has 0 aliphatic heterocycles. The molecule has 2 rings (SSSR count). The van der Waals surface area contributed by atoms with Crippen LogP contribution in [0.25, 0.3) is 5.57 Å². The van der Waals surface area contributed by atoms with E-state index in [9.17, 15) is 4.79 Å². The number of hydrogen-bond donors (Lipinski definition) is 2. The van der Waals surface area contributed by atoms with Crippen LogP contribution in [0.1, 0.15) is 54.6 Å². The van der Waals surface area contributed by atoms with Gasteiger partial charge in [-0.3, -0.25) is 0 Å². The molecular formula is C25H34O5. The van der Waals surface area contributed by atoms with Crippen molar-refractivity contribution in [1.82, 2.24) is 0 Å². The van der Waals surface area contributed by atoms with Crippen molar-refractivity contribution in [1.29, 1.82) is 0 Å². The summed E-state index contributed by atoms with van der Waals surface area (Å²) in [6.07, 6.45) is 7.05. The van der Waals surface area contributed by atoms with Gasteiger partial charge in [0.15, 0.2) is 0 Å². The zero-order valence-electron chi connectivity index (χ0n) is 18.6. The van der Waals surface area contributed by atoms with E-state index in [1.54, 1.807) is 14.0 Å². The Kier molecular flexibility index (Phi) is 14.2. The van der Waals surface area contributed by atoms with E-state index in [4.69, 9.17) is 19.4 Å². The Labute approximate surface area is 180 Å². The Bertz CT molecular complexity index is 813. The van der Waals surface area contributed by atoms with Gasteiger partial charge in [-0.1, -0.05) is 62.9 Å². The van der Waals surface area contributed by atoms with E-state index in [1.165, 1.54) is 6.07 Å². The highest BCUT2D eigenvalue weighted by atomic mass is 16.5. The van der Waals surface area contributed by atoms with Gasteiger partial charge >= 0.3 is 5.97 Å². The lowest BCUT2D eigenvalue weighted by Gasteiger charge is -2.01. The van der Waals surface area contributed by atoms with E-state index >= 15 is 0 Å². The molecular weight excluding hydrogens is 380 g/mol. The van der Waals surface area contributed by atoms with Crippen molar-refractivity contribution in [2.75, 3.05) is 13.7 Å². The van der Waals surface area contributed by atoms with E-state index in [0.717, 1.165) is 22.5 Å². The molecule has 30 heavy (non-hydrogen) atoms. The van der Waals surface area contributed by atoms with Crippen molar-refractivity contribution in [3.8, 4) is 0 Å². The normalized spacial score (nSPS) is 10.9. The number of furan rings is 1. The van der Waals surface area contributed by atoms with Crippen LogP contribution in [0.4, 0.5) is 0 Å². The monoisotopic (exact) mass is 414 g/mol. The third kappa shape index (κ3) is 9.94. The molecule has 0 saturated heterocycles. The molecule has 0 bridgehead atoms. The lowest BCUT2D eigenvalue weighted by molar-refractivity contribution is 0.0661. The number of ether oxygens (including phenoxy) is 1. The lowest BCUT2D eigenvalue weighted by atomic mass is 10.1. The molecule has 0 amide bonds. The third-order valence-corrected chi connectivity index (χ3v) is 3.98. The maximum Gasteiger partial charge on any atom is 0.371 e. The van der Waals surface area contributed by atoms with Gasteiger partial charge in [0.05, 0.1) is 12.9 Å². The molecule has 0 aliphatic rings. The van der Waals surface area contributed by atoms with Crippen LogP contribution in [-0.4, -0.2) is 29.9 Å². The van der Waals surface area contributed by atoms with Crippen LogP contribution in [0.3, 0.4) is 0 Å². The number of aliphatic hydroxyl groups excluding tert-OH is 1. The minimum absolute atomic E-state index is 0.0366. The summed E-state index contributed by atoms with van der Waals surface area (Å²) in [7, 11) is 1.66. The molecule has 0 fully saturated rings. The maximum absolute atomic E-state index is 10.5. The first-order chi connectivity index (χ1) is 14.4. The number of aromatic carboxylic acids is 1. The molecule has 2 N–H and O–H groups in total. The summed E-state index contributed by atoms with van der Waals surface area (Å²) in [5.74, 6) is 0.403. The van der Waals surface area contributed by atoms with Gasteiger partial charge in [0.1, 0.15) is 5.76 Å². The van der Waals surface area contributed by atoms with Crippen LogP contribution in [-0.2, 0) is 11.2 Å². The number of carbonyl (C=O) groups is 1. The van der Waals surface area contributed by atoms with Gasteiger partial charge in [-0.05, 0) is 55.5 Å². The number of benzene rings is 1. The fraction of sp³-hybridized carbons (Fsp3) is 0.320. The molecule has 1 heterocycles. The SMILES string of the molecule is C=C/C(=C\C=C(/C)OC)c1ccccc1.CC.Cc1oc(C(=O)O)cc1CCCO. The molecule has 2 aromatic rings. The first-order valence-corrected chi connectivity index (χ1v) is 9.96. The Hall–Kier alpha value is -3.05. The second-order valence-electron chi connectivity index (χ2n) is 6.00. The predicted octanol–water partition coefficient (Wildman–Crippen LogP) is 6.04. The van der Waals surface area contributed by atoms with Crippen LogP contribution in [0, 0.1) is 6.92 Å². The number of aryl methyl sites for hydroxylation is 2.